The number of anilines is 1. The van der Waals surface area contributed by atoms with E-state index in [0.29, 0.717) is 24.2 Å². The zero-order chi connectivity index (χ0) is 22.6. The van der Waals surface area contributed by atoms with E-state index in [1.807, 2.05) is 6.07 Å². The predicted octanol–water partition coefficient (Wildman–Crippen LogP) is 0.634. The van der Waals surface area contributed by atoms with E-state index < -0.39 is 28.5 Å². The maximum Gasteiger partial charge on any atom is 0.328 e. The molecule has 2 heterocycles. The highest BCUT2D eigenvalue weighted by Gasteiger charge is 2.26. The second-order valence-corrected chi connectivity index (χ2v) is 8.93. The van der Waals surface area contributed by atoms with E-state index in [2.05, 4.69) is 15.6 Å². The molecule has 3 aromatic rings. The zero-order valence-corrected chi connectivity index (χ0v) is 17.8. The van der Waals surface area contributed by atoms with Crippen molar-refractivity contribution in [2.75, 3.05) is 38.2 Å². The number of morpholine rings is 1. The van der Waals surface area contributed by atoms with Crippen LogP contribution in [0.5, 0.6) is 0 Å². The van der Waals surface area contributed by atoms with Crippen molar-refractivity contribution < 1.29 is 27.5 Å². The molecule has 0 atom stereocenters. The van der Waals surface area contributed by atoms with Gasteiger partial charge in [-0.3, -0.25) is 9.59 Å². The summed E-state index contributed by atoms with van der Waals surface area (Å²) >= 11 is 0. The Balaban J connectivity index is 1.33. The summed E-state index contributed by atoms with van der Waals surface area (Å²) in [6, 6.07) is 13.1. The summed E-state index contributed by atoms with van der Waals surface area (Å²) in [5, 5.41) is 10.4. The molecular weight excluding hydrogens is 438 g/mol. The van der Waals surface area contributed by atoms with Crippen LogP contribution in [0.3, 0.4) is 0 Å². The Bertz CT molecular complexity index is 1240. The van der Waals surface area contributed by atoms with Crippen LogP contribution in [0.15, 0.2) is 53.4 Å². The first-order valence-electron chi connectivity index (χ1n) is 9.85. The van der Waals surface area contributed by atoms with Crippen molar-refractivity contribution >= 4 is 38.6 Å². The molecule has 1 saturated heterocycles. The number of esters is 1. The first-order valence-corrected chi connectivity index (χ1v) is 11.3. The van der Waals surface area contributed by atoms with Crippen LogP contribution in [0.1, 0.15) is 0 Å². The minimum atomic E-state index is -3.69. The number of aromatic nitrogens is 3. The molecule has 12 heteroatoms. The lowest BCUT2D eigenvalue weighted by Crippen LogP contribution is -2.40. The van der Waals surface area contributed by atoms with Crippen molar-refractivity contribution in [1.29, 1.82) is 0 Å². The van der Waals surface area contributed by atoms with Crippen molar-refractivity contribution in [3.05, 3.63) is 48.5 Å². The van der Waals surface area contributed by atoms with Crippen molar-refractivity contribution in [3.8, 4) is 0 Å². The van der Waals surface area contributed by atoms with Gasteiger partial charge in [-0.05, 0) is 30.3 Å². The molecule has 11 nitrogen and oxygen atoms in total. The molecule has 1 aliphatic rings. The van der Waals surface area contributed by atoms with Gasteiger partial charge in [0.05, 0.1) is 23.6 Å². The number of sulfonamides is 1. The van der Waals surface area contributed by atoms with Gasteiger partial charge in [0.25, 0.3) is 5.91 Å². The molecule has 2 aromatic carbocycles. The van der Waals surface area contributed by atoms with E-state index in [1.54, 1.807) is 24.3 Å². The Morgan fingerprint density at radius 2 is 1.88 bits per heavy atom. The lowest BCUT2D eigenvalue weighted by Gasteiger charge is -2.26. The molecule has 1 N–H and O–H groups in total. The average molecular weight is 459 g/mol. The molecule has 0 unspecified atom stereocenters. The quantitative estimate of drug-likeness (QED) is 0.509. The fourth-order valence-corrected chi connectivity index (χ4v) is 4.67. The summed E-state index contributed by atoms with van der Waals surface area (Å²) in [5.74, 6) is -1.25. The molecule has 0 spiro atoms. The SMILES string of the molecule is O=C(COC(=O)Cn1nnc2ccccc21)Nc1cccc(S(=O)(=O)N2CCOCC2)c1. The van der Waals surface area contributed by atoms with Gasteiger partial charge in [0.15, 0.2) is 6.61 Å². The highest BCUT2D eigenvalue weighted by Crippen LogP contribution is 2.20. The Kier molecular flexibility index (Phi) is 6.44. The molecular formula is C20H21N5O6S. The van der Waals surface area contributed by atoms with Crippen LogP contribution in [0.25, 0.3) is 11.0 Å². The van der Waals surface area contributed by atoms with Crippen LogP contribution in [-0.2, 0) is 35.6 Å². The van der Waals surface area contributed by atoms with Gasteiger partial charge in [-0.25, -0.2) is 13.1 Å². The minimum Gasteiger partial charge on any atom is -0.454 e. The van der Waals surface area contributed by atoms with Gasteiger partial charge in [-0.2, -0.15) is 4.31 Å². The van der Waals surface area contributed by atoms with Crippen molar-refractivity contribution in [2.45, 2.75) is 11.4 Å². The fourth-order valence-electron chi connectivity index (χ4n) is 3.22. The van der Waals surface area contributed by atoms with Gasteiger partial charge in [-0.1, -0.05) is 23.4 Å². The molecule has 0 radical (unpaired) electrons. The number of para-hydroxylation sites is 1. The van der Waals surface area contributed by atoms with E-state index in [1.165, 1.54) is 27.2 Å². The van der Waals surface area contributed by atoms with E-state index in [0.717, 1.165) is 0 Å². The Morgan fingerprint density at radius 1 is 1.09 bits per heavy atom. The van der Waals surface area contributed by atoms with Gasteiger partial charge in [0.2, 0.25) is 10.0 Å². The fraction of sp³-hybridized carbons (Fsp3) is 0.300. The smallest absolute Gasteiger partial charge is 0.328 e. The third-order valence-electron chi connectivity index (χ3n) is 4.79. The second kappa shape index (κ2) is 9.42. The maximum atomic E-state index is 12.8. The number of amides is 1. The average Bonchev–Trinajstić information content (AvgIpc) is 3.21. The highest BCUT2D eigenvalue weighted by molar-refractivity contribution is 7.89. The number of carbonyl (C=O) groups is 2. The number of rotatable bonds is 7. The Hall–Kier alpha value is -3.35. The topological polar surface area (TPSA) is 133 Å². The summed E-state index contributed by atoms with van der Waals surface area (Å²) in [4.78, 5) is 24.3. The molecule has 1 aromatic heterocycles. The predicted molar refractivity (Wildman–Crippen MR) is 113 cm³/mol. The van der Waals surface area contributed by atoms with Gasteiger partial charge < -0.3 is 14.8 Å². The summed E-state index contributed by atoms with van der Waals surface area (Å²) in [6.45, 7) is 0.510. The number of nitrogens with zero attached hydrogens (tertiary/aromatic N) is 4. The third kappa shape index (κ3) is 4.93. The zero-order valence-electron chi connectivity index (χ0n) is 17.0. The summed E-state index contributed by atoms with van der Waals surface area (Å²) in [7, 11) is -3.69. The van der Waals surface area contributed by atoms with Crippen LogP contribution in [0.4, 0.5) is 5.69 Å². The minimum absolute atomic E-state index is 0.0623. The normalized spacial score (nSPS) is 14.9. The number of hydrogen-bond acceptors (Lipinski definition) is 8. The lowest BCUT2D eigenvalue weighted by atomic mass is 10.3. The summed E-state index contributed by atoms with van der Waals surface area (Å²) < 4.78 is 38.4. The number of nitrogens with one attached hydrogen (secondary N) is 1. The molecule has 1 fully saturated rings. The molecule has 0 saturated carbocycles. The molecule has 168 valence electrons. The highest BCUT2D eigenvalue weighted by atomic mass is 32.2. The van der Waals surface area contributed by atoms with Crippen LogP contribution < -0.4 is 5.32 Å². The maximum absolute atomic E-state index is 12.8. The van der Waals surface area contributed by atoms with E-state index in [4.69, 9.17) is 9.47 Å². The molecule has 0 aliphatic carbocycles. The monoisotopic (exact) mass is 459 g/mol. The first kappa shape index (κ1) is 21.9. The van der Waals surface area contributed by atoms with Gasteiger partial charge in [0, 0.05) is 18.8 Å². The van der Waals surface area contributed by atoms with Gasteiger partial charge in [-0.15, -0.1) is 5.10 Å². The number of carbonyl (C=O) groups excluding carboxylic acids is 2. The Labute approximate surface area is 183 Å². The Morgan fingerprint density at radius 3 is 2.69 bits per heavy atom. The van der Waals surface area contributed by atoms with Gasteiger partial charge in [0.1, 0.15) is 12.1 Å². The van der Waals surface area contributed by atoms with Gasteiger partial charge >= 0.3 is 5.97 Å². The molecule has 32 heavy (non-hydrogen) atoms. The molecule has 1 aliphatic heterocycles. The summed E-state index contributed by atoms with van der Waals surface area (Å²) in [5.41, 5.74) is 1.60. The van der Waals surface area contributed by atoms with E-state index >= 15 is 0 Å². The van der Waals surface area contributed by atoms with Crippen molar-refractivity contribution in [3.63, 3.8) is 0 Å². The number of benzene rings is 2. The van der Waals surface area contributed by atoms with Crippen molar-refractivity contribution in [2.24, 2.45) is 0 Å². The number of hydrogen-bond donors (Lipinski definition) is 1. The summed E-state index contributed by atoms with van der Waals surface area (Å²) in [6.07, 6.45) is 0. The van der Waals surface area contributed by atoms with Crippen LogP contribution in [0, 0.1) is 0 Å². The van der Waals surface area contributed by atoms with Crippen LogP contribution in [0.2, 0.25) is 0 Å². The largest absolute Gasteiger partial charge is 0.454 e. The lowest BCUT2D eigenvalue weighted by molar-refractivity contribution is -0.148. The van der Waals surface area contributed by atoms with E-state index in [9.17, 15) is 18.0 Å². The first-order chi connectivity index (χ1) is 15.4. The number of ether oxygens (including phenoxy) is 2. The standard InChI is InChI=1S/C20H21N5O6S/c26-19(14-31-20(27)13-25-18-7-2-1-6-17(18)22-23-25)21-15-4-3-5-16(12-15)32(28,29)24-8-10-30-11-9-24/h1-7,12H,8-11,13-14H2,(H,21,26). The molecule has 4 rings (SSSR count). The molecule has 0 bridgehead atoms. The van der Waals surface area contributed by atoms with Crippen molar-refractivity contribution in [1.82, 2.24) is 19.3 Å². The van der Waals surface area contributed by atoms with E-state index in [-0.39, 0.29) is 30.2 Å². The van der Waals surface area contributed by atoms with Crippen LogP contribution in [-0.4, -0.2) is 72.5 Å². The second-order valence-electron chi connectivity index (χ2n) is 6.99. The third-order valence-corrected chi connectivity index (χ3v) is 6.68. The molecule has 1 amide bonds. The van der Waals surface area contributed by atoms with Crippen LogP contribution >= 0.6 is 0 Å². The number of fused-ring (bicyclic) bond motifs is 1.